The van der Waals surface area contributed by atoms with Gasteiger partial charge in [-0.3, -0.25) is 4.79 Å². The predicted molar refractivity (Wildman–Crippen MR) is 78.7 cm³/mol. The van der Waals surface area contributed by atoms with E-state index in [4.69, 9.17) is 9.15 Å². The summed E-state index contributed by atoms with van der Waals surface area (Å²) < 4.78 is 11.1. The third-order valence-corrected chi connectivity index (χ3v) is 3.19. The van der Waals surface area contributed by atoms with Crippen molar-refractivity contribution in [2.45, 2.75) is 39.5 Å². The maximum Gasteiger partial charge on any atom is 0.290 e. The largest absolute Gasteiger partial charge is 0.426 e. The molecule has 1 aromatic carbocycles. The summed E-state index contributed by atoms with van der Waals surface area (Å²) in [6, 6.07) is 9.43. The van der Waals surface area contributed by atoms with Gasteiger partial charge in [-0.05, 0) is 29.5 Å². The predicted octanol–water partition coefficient (Wildman–Crippen LogP) is 4.74. The molecule has 0 aliphatic rings. The quantitative estimate of drug-likeness (QED) is 0.754. The zero-order valence-corrected chi connectivity index (χ0v) is 12.4. The van der Waals surface area contributed by atoms with Crippen molar-refractivity contribution >= 4 is 6.29 Å². The van der Waals surface area contributed by atoms with Gasteiger partial charge in [0, 0.05) is 11.6 Å². The molecule has 20 heavy (non-hydrogen) atoms. The normalized spacial score (nSPS) is 11.4. The average molecular weight is 272 g/mol. The van der Waals surface area contributed by atoms with Crippen molar-refractivity contribution in [3.05, 3.63) is 47.2 Å². The van der Waals surface area contributed by atoms with Gasteiger partial charge in [0.2, 0.25) is 0 Å². The van der Waals surface area contributed by atoms with E-state index in [0.717, 1.165) is 17.7 Å². The van der Waals surface area contributed by atoms with Gasteiger partial charge in [0.15, 0.2) is 12.0 Å². The summed E-state index contributed by atoms with van der Waals surface area (Å²) in [7, 11) is 0. The van der Waals surface area contributed by atoms with E-state index < -0.39 is 0 Å². The Morgan fingerprint density at radius 2 is 1.95 bits per heavy atom. The summed E-state index contributed by atoms with van der Waals surface area (Å²) in [5, 5.41) is 0. The molecular formula is C17H20O3. The lowest BCUT2D eigenvalue weighted by Gasteiger charge is -2.23. The summed E-state index contributed by atoms with van der Waals surface area (Å²) in [5.74, 6) is 1.37. The number of hydrogen-bond acceptors (Lipinski definition) is 3. The molecule has 0 aliphatic heterocycles. The number of ether oxygens (including phenoxy) is 1. The molecule has 0 amide bonds. The highest BCUT2D eigenvalue weighted by atomic mass is 16.6. The molecule has 1 heterocycles. The number of aldehydes is 1. The van der Waals surface area contributed by atoms with Crippen LogP contribution in [0.3, 0.4) is 0 Å². The van der Waals surface area contributed by atoms with Crippen molar-refractivity contribution in [3.8, 4) is 11.7 Å². The minimum atomic E-state index is -0.0272. The molecule has 106 valence electrons. The van der Waals surface area contributed by atoms with Crippen LogP contribution in [0, 0.1) is 0 Å². The standard InChI is InChI=1S/C17H20O3/c1-5-12-6-8-15(14(10-12)17(2,3)4)20-16-9-7-13(11-18)19-16/h6-11H,5H2,1-4H3. The van der Waals surface area contributed by atoms with Gasteiger partial charge in [0.25, 0.3) is 5.95 Å². The SMILES string of the molecule is CCc1ccc(Oc2ccc(C=O)o2)c(C(C)(C)C)c1. The molecule has 0 radical (unpaired) electrons. The number of hydrogen-bond donors (Lipinski definition) is 0. The highest BCUT2D eigenvalue weighted by Crippen LogP contribution is 2.35. The zero-order valence-electron chi connectivity index (χ0n) is 12.4. The first-order valence-electron chi connectivity index (χ1n) is 6.80. The molecule has 0 atom stereocenters. The minimum absolute atomic E-state index is 0.0272. The molecule has 1 aromatic heterocycles. The van der Waals surface area contributed by atoms with E-state index in [2.05, 4.69) is 33.8 Å². The molecular weight excluding hydrogens is 252 g/mol. The van der Waals surface area contributed by atoms with Gasteiger partial charge in [0.05, 0.1) is 0 Å². The van der Waals surface area contributed by atoms with E-state index in [1.165, 1.54) is 5.56 Å². The second-order valence-corrected chi connectivity index (χ2v) is 5.81. The van der Waals surface area contributed by atoms with Crippen molar-refractivity contribution in [1.82, 2.24) is 0 Å². The average Bonchev–Trinajstić information content (AvgIpc) is 2.85. The van der Waals surface area contributed by atoms with Gasteiger partial charge < -0.3 is 9.15 Å². The molecule has 3 nitrogen and oxygen atoms in total. The summed E-state index contributed by atoms with van der Waals surface area (Å²) >= 11 is 0. The molecule has 0 unspecified atom stereocenters. The van der Waals surface area contributed by atoms with Crippen LogP contribution in [-0.4, -0.2) is 6.29 Å². The van der Waals surface area contributed by atoms with Gasteiger partial charge in [-0.2, -0.15) is 0 Å². The first-order valence-corrected chi connectivity index (χ1v) is 6.80. The highest BCUT2D eigenvalue weighted by molar-refractivity contribution is 5.70. The van der Waals surface area contributed by atoms with E-state index in [0.29, 0.717) is 12.2 Å². The van der Waals surface area contributed by atoms with Crippen molar-refractivity contribution in [3.63, 3.8) is 0 Å². The topological polar surface area (TPSA) is 39.4 Å². The molecule has 0 fully saturated rings. The van der Waals surface area contributed by atoms with E-state index in [-0.39, 0.29) is 11.2 Å². The van der Waals surface area contributed by atoms with E-state index in [1.807, 2.05) is 12.1 Å². The lowest BCUT2D eigenvalue weighted by Crippen LogP contribution is -2.13. The Morgan fingerprint density at radius 3 is 2.50 bits per heavy atom. The maximum absolute atomic E-state index is 10.6. The van der Waals surface area contributed by atoms with Crippen LogP contribution in [-0.2, 0) is 11.8 Å². The number of benzene rings is 1. The van der Waals surface area contributed by atoms with Gasteiger partial charge in [-0.15, -0.1) is 0 Å². The number of aryl methyl sites for hydroxylation is 1. The van der Waals surface area contributed by atoms with Crippen LogP contribution in [0.15, 0.2) is 34.7 Å². The minimum Gasteiger partial charge on any atom is -0.426 e. The molecule has 2 rings (SSSR count). The summed E-state index contributed by atoms with van der Waals surface area (Å²) in [5.41, 5.74) is 2.37. The van der Waals surface area contributed by atoms with E-state index in [9.17, 15) is 4.79 Å². The van der Waals surface area contributed by atoms with Crippen molar-refractivity contribution in [2.24, 2.45) is 0 Å². The van der Waals surface area contributed by atoms with Crippen LogP contribution >= 0.6 is 0 Å². The summed E-state index contributed by atoms with van der Waals surface area (Å²) in [6.45, 7) is 8.57. The highest BCUT2D eigenvalue weighted by Gasteiger charge is 2.20. The van der Waals surface area contributed by atoms with E-state index >= 15 is 0 Å². The number of carbonyl (C=O) groups excluding carboxylic acids is 1. The van der Waals surface area contributed by atoms with Gasteiger partial charge in [0.1, 0.15) is 5.75 Å². The molecule has 0 bridgehead atoms. The van der Waals surface area contributed by atoms with Crippen LogP contribution in [0.5, 0.6) is 11.7 Å². The number of carbonyl (C=O) groups is 1. The van der Waals surface area contributed by atoms with Crippen LogP contribution < -0.4 is 4.74 Å². The summed E-state index contributed by atoms with van der Waals surface area (Å²) in [4.78, 5) is 10.6. The smallest absolute Gasteiger partial charge is 0.290 e. The van der Waals surface area contributed by atoms with Gasteiger partial charge in [-0.25, -0.2) is 0 Å². The number of rotatable bonds is 4. The molecule has 0 spiro atoms. The Bertz CT molecular complexity index is 603. The van der Waals surface area contributed by atoms with Gasteiger partial charge >= 0.3 is 0 Å². The lowest BCUT2D eigenvalue weighted by atomic mass is 9.85. The second-order valence-electron chi connectivity index (χ2n) is 5.81. The lowest BCUT2D eigenvalue weighted by molar-refractivity contribution is 0.109. The first-order chi connectivity index (χ1) is 9.44. The fraction of sp³-hybridized carbons (Fsp3) is 0.353. The molecule has 3 heteroatoms. The van der Waals surface area contributed by atoms with Crippen LogP contribution in [0.4, 0.5) is 0 Å². The van der Waals surface area contributed by atoms with Crippen LogP contribution in [0.1, 0.15) is 49.4 Å². The Balaban J connectivity index is 2.37. The molecule has 0 aliphatic carbocycles. The van der Waals surface area contributed by atoms with Crippen molar-refractivity contribution < 1.29 is 13.9 Å². The molecule has 2 aromatic rings. The molecule has 0 saturated carbocycles. The third-order valence-electron chi connectivity index (χ3n) is 3.19. The Labute approximate surface area is 119 Å². The summed E-state index contributed by atoms with van der Waals surface area (Å²) in [6.07, 6.45) is 1.65. The number of furan rings is 1. The zero-order chi connectivity index (χ0) is 14.8. The Hall–Kier alpha value is -2.03. The Morgan fingerprint density at radius 1 is 1.20 bits per heavy atom. The Kier molecular flexibility index (Phi) is 3.98. The first kappa shape index (κ1) is 14.4. The van der Waals surface area contributed by atoms with Crippen LogP contribution in [0.25, 0.3) is 0 Å². The molecule has 0 saturated heterocycles. The fourth-order valence-electron chi connectivity index (χ4n) is 2.03. The monoisotopic (exact) mass is 272 g/mol. The van der Waals surface area contributed by atoms with E-state index in [1.54, 1.807) is 12.1 Å². The fourth-order valence-corrected chi connectivity index (χ4v) is 2.03. The van der Waals surface area contributed by atoms with Crippen molar-refractivity contribution in [1.29, 1.82) is 0 Å². The van der Waals surface area contributed by atoms with Gasteiger partial charge in [-0.1, -0.05) is 39.8 Å². The van der Waals surface area contributed by atoms with Crippen LogP contribution in [0.2, 0.25) is 0 Å². The molecule has 0 N–H and O–H groups in total. The maximum atomic E-state index is 10.6. The van der Waals surface area contributed by atoms with Crippen molar-refractivity contribution in [2.75, 3.05) is 0 Å². The third kappa shape index (κ3) is 3.10. The second kappa shape index (κ2) is 5.53.